The van der Waals surface area contributed by atoms with Crippen LogP contribution in [0.15, 0.2) is 36.4 Å². The van der Waals surface area contributed by atoms with Crippen LogP contribution in [0.5, 0.6) is 5.75 Å². The second-order valence-corrected chi connectivity index (χ2v) is 6.00. The van der Waals surface area contributed by atoms with Crippen LogP contribution in [0, 0.1) is 3.57 Å². The van der Waals surface area contributed by atoms with Gasteiger partial charge in [-0.25, -0.2) is 4.90 Å². The van der Waals surface area contributed by atoms with Crippen LogP contribution >= 0.6 is 34.2 Å². The fourth-order valence-electron chi connectivity index (χ4n) is 2.25. The molecular weight excluding hydrogens is 405 g/mol. The van der Waals surface area contributed by atoms with Gasteiger partial charge in [-0.3, -0.25) is 9.59 Å². The summed E-state index contributed by atoms with van der Waals surface area (Å²) in [6, 6.07) is 10.0. The Morgan fingerprint density at radius 3 is 2.19 bits per heavy atom. The molecule has 4 nitrogen and oxygen atoms in total. The third kappa shape index (κ3) is 2.20. The third-order valence-corrected chi connectivity index (χ3v) is 4.42. The molecule has 6 heteroatoms. The van der Waals surface area contributed by atoms with Gasteiger partial charge in [0.25, 0.3) is 11.8 Å². The number of rotatable bonds is 2. The highest BCUT2D eigenvalue weighted by Gasteiger charge is 2.37. The lowest BCUT2D eigenvalue weighted by Gasteiger charge is -2.17. The number of benzene rings is 2. The van der Waals surface area contributed by atoms with Crippen LogP contribution < -0.4 is 9.64 Å². The molecule has 2 amide bonds. The molecule has 3 rings (SSSR count). The number of anilines is 1. The fourth-order valence-corrected chi connectivity index (χ4v) is 3.39. The lowest BCUT2D eigenvalue weighted by atomic mass is 10.1. The number of halogens is 2. The predicted molar refractivity (Wildman–Crippen MR) is 88.3 cm³/mol. The Hall–Kier alpha value is -1.60. The van der Waals surface area contributed by atoms with Crippen LogP contribution in [-0.2, 0) is 0 Å². The van der Waals surface area contributed by atoms with Gasteiger partial charge in [-0.05, 0) is 40.8 Å². The number of hydrogen-bond acceptors (Lipinski definition) is 3. The van der Waals surface area contributed by atoms with E-state index in [-0.39, 0.29) is 11.8 Å². The van der Waals surface area contributed by atoms with Crippen molar-refractivity contribution in [2.24, 2.45) is 0 Å². The average molecular weight is 414 g/mol. The zero-order valence-corrected chi connectivity index (χ0v) is 13.8. The van der Waals surface area contributed by atoms with E-state index in [1.165, 1.54) is 7.11 Å². The van der Waals surface area contributed by atoms with E-state index in [4.69, 9.17) is 16.3 Å². The van der Waals surface area contributed by atoms with E-state index < -0.39 is 0 Å². The summed E-state index contributed by atoms with van der Waals surface area (Å²) in [5.74, 6) is -0.251. The van der Waals surface area contributed by atoms with Crippen LogP contribution in [0.25, 0.3) is 0 Å². The smallest absolute Gasteiger partial charge is 0.266 e. The first kappa shape index (κ1) is 14.3. The molecule has 0 N–H and O–H groups in total. The maximum Gasteiger partial charge on any atom is 0.266 e. The minimum Gasteiger partial charge on any atom is -0.495 e. The van der Waals surface area contributed by atoms with Gasteiger partial charge >= 0.3 is 0 Å². The van der Waals surface area contributed by atoms with Crippen LogP contribution in [0.3, 0.4) is 0 Å². The van der Waals surface area contributed by atoms with Crippen molar-refractivity contribution in [2.75, 3.05) is 12.0 Å². The summed E-state index contributed by atoms with van der Waals surface area (Å²) in [5.41, 5.74) is 1.29. The van der Waals surface area contributed by atoms with Crippen molar-refractivity contribution in [3.8, 4) is 5.75 Å². The second kappa shape index (κ2) is 5.31. The Balaban J connectivity index is 2.15. The Bertz CT molecular complexity index is 741. The number of carbonyl (C=O) groups is 2. The zero-order chi connectivity index (χ0) is 15.1. The minimum atomic E-state index is -0.335. The Labute approximate surface area is 139 Å². The second-order valence-electron chi connectivity index (χ2n) is 4.43. The fraction of sp³-hybridized carbons (Fsp3) is 0.0667. The van der Waals surface area contributed by atoms with Gasteiger partial charge in [-0.15, -0.1) is 0 Å². The SMILES string of the molecule is COc1cc(N2C(=O)c3ccccc3C2=O)c(I)cc1Cl. The summed E-state index contributed by atoms with van der Waals surface area (Å²) < 4.78 is 5.87. The zero-order valence-electron chi connectivity index (χ0n) is 10.9. The third-order valence-electron chi connectivity index (χ3n) is 3.26. The molecule has 0 saturated heterocycles. The quantitative estimate of drug-likeness (QED) is 0.556. The first-order valence-electron chi connectivity index (χ1n) is 6.05. The van der Waals surface area contributed by atoms with Crippen molar-refractivity contribution in [3.05, 3.63) is 56.1 Å². The van der Waals surface area contributed by atoms with E-state index in [1.807, 2.05) is 22.6 Å². The highest BCUT2D eigenvalue weighted by atomic mass is 127. The largest absolute Gasteiger partial charge is 0.495 e. The summed E-state index contributed by atoms with van der Waals surface area (Å²) in [6.07, 6.45) is 0. The van der Waals surface area contributed by atoms with Crippen molar-refractivity contribution in [3.63, 3.8) is 0 Å². The van der Waals surface area contributed by atoms with Gasteiger partial charge in [0.05, 0.1) is 28.9 Å². The summed E-state index contributed by atoms with van der Waals surface area (Å²) >= 11 is 8.09. The van der Waals surface area contributed by atoms with Gasteiger partial charge < -0.3 is 4.74 Å². The molecule has 0 atom stereocenters. The van der Waals surface area contributed by atoms with Gasteiger partial charge in [-0.2, -0.15) is 0 Å². The molecule has 0 spiro atoms. The van der Waals surface area contributed by atoms with Gasteiger partial charge in [0, 0.05) is 9.64 Å². The molecule has 0 radical (unpaired) electrons. The molecule has 1 aliphatic heterocycles. The van der Waals surface area contributed by atoms with Crippen LogP contribution in [-0.4, -0.2) is 18.9 Å². The molecule has 0 bridgehead atoms. The first-order valence-corrected chi connectivity index (χ1v) is 7.51. The van der Waals surface area contributed by atoms with Crippen molar-refractivity contribution in [1.82, 2.24) is 0 Å². The molecule has 21 heavy (non-hydrogen) atoms. The molecule has 0 aliphatic carbocycles. The number of ether oxygens (including phenoxy) is 1. The molecule has 0 fully saturated rings. The highest BCUT2D eigenvalue weighted by molar-refractivity contribution is 14.1. The minimum absolute atomic E-state index is 0.335. The van der Waals surface area contributed by atoms with Crippen LogP contribution in [0.2, 0.25) is 5.02 Å². The van der Waals surface area contributed by atoms with Crippen molar-refractivity contribution >= 4 is 51.7 Å². The summed E-state index contributed by atoms with van der Waals surface area (Å²) in [5, 5.41) is 0.433. The monoisotopic (exact) mass is 413 g/mol. The van der Waals surface area contributed by atoms with E-state index in [9.17, 15) is 9.59 Å². The molecule has 0 saturated carbocycles. The number of imide groups is 1. The van der Waals surface area contributed by atoms with Gasteiger partial charge in [0.15, 0.2) is 0 Å². The van der Waals surface area contributed by atoms with E-state index in [0.29, 0.717) is 31.2 Å². The molecule has 2 aromatic rings. The lowest BCUT2D eigenvalue weighted by Crippen LogP contribution is -2.30. The molecule has 1 aliphatic rings. The standard InChI is InChI=1S/C15H9ClINO3/c1-21-13-7-12(11(17)6-10(13)16)18-14(19)8-4-2-3-5-9(8)15(18)20/h2-7H,1H3. The number of nitrogens with zero attached hydrogens (tertiary/aromatic N) is 1. The van der Waals surface area contributed by atoms with E-state index in [2.05, 4.69) is 0 Å². The molecule has 2 aromatic carbocycles. The molecule has 0 aromatic heterocycles. The summed E-state index contributed by atoms with van der Waals surface area (Å²) in [7, 11) is 1.49. The number of fused-ring (bicyclic) bond motifs is 1. The number of methoxy groups -OCH3 is 1. The Morgan fingerprint density at radius 1 is 1.10 bits per heavy atom. The highest BCUT2D eigenvalue weighted by Crippen LogP contribution is 2.37. The maximum absolute atomic E-state index is 12.5. The molecule has 1 heterocycles. The summed E-state index contributed by atoms with van der Waals surface area (Å²) in [4.78, 5) is 26.1. The summed E-state index contributed by atoms with van der Waals surface area (Å²) in [6.45, 7) is 0. The van der Waals surface area contributed by atoms with E-state index in [1.54, 1.807) is 36.4 Å². The molecular formula is C15H9ClINO3. The Kier molecular flexibility index (Phi) is 3.62. The Morgan fingerprint density at radius 2 is 1.67 bits per heavy atom. The topological polar surface area (TPSA) is 46.6 Å². The number of hydrogen-bond donors (Lipinski definition) is 0. The number of amides is 2. The maximum atomic E-state index is 12.5. The molecule has 0 unspecified atom stereocenters. The van der Waals surface area contributed by atoms with Crippen molar-refractivity contribution in [1.29, 1.82) is 0 Å². The van der Waals surface area contributed by atoms with Crippen molar-refractivity contribution < 1.29 is 14.3 Å². The normalized spacial score (nSPS) is 13.6. The van der Waals surface area contributed by atoms with Crippen molar-refractivity contribution in [2.45, 2.75) is 0 Å². The molecule has 106 valence electrons. The lowest BCUT2D eigenvalue weighted by molar-refractivity contribution is 0.0926. The number of carbonyl (C=O) groups excluding carboxylic acids is 2. The van der Waals surface area contributed by atoms with E-state index >= 15 is 0 Å². The van der Waals surface area contributed by atoms with Gasteiger partial charge in [0.2, 0.25) is 0 Å². The van der Waals surface area contributed by atoms with Crippen LogP contribution in [0.4, 0.5) is 5.69 Å². The van der Waals surface area contributed by atoms with Gasteiger partial charge in [0.1, 0.15) is 5.75 Å². The van der Waals surface area contributed by atoms with Gasteiger partial charge in [-0.1, -0.05) is 23.7 Å². The average Bonchev–Trinajstić information content (AvgIpc) is 2.72. The van der Waals surface area contributed by atoms with E-state index in [0.717, 1.165) is 4.90 Å². The predicted octanol–water partition coefficient (Wildman–Crippen LogP) is 3.75. The van der Waals surface area contributed by atoms with Crippen LogP contribution in [0.1, 0.15) is 20.7 Å². The first-order chi connectivity index (χ1) is 10.0.